The average Bonchev–Trinajstić information content (AvgIpc) is 2.69. The predicted molar refractivity (Wildman–Crippen MR) is 80.7 cm³/mol. The number of aliphatic hydroxyl groups excluding tert-OH is 1. The highest BCUT2D eigenvalue weighted by molar-refractivity contribution is 8.00. The summed E-state index contributed by atoms with van der Waals surface area (Å²) in [5.74, 6) is 0.131. The first-order valence-electron chi connectivity index (χ1n) is 7.07. The van der Waals surface area contributed by atoms with Crippen LogP contribution in [0.5, 0.6) is 0 Å². The van der Waals surface area contributed by atoms with Gasteiger partial charge < -0.3 is 15.3 Å². The van der Waals surface area contributed by atoms with Gasteiger partial charge in [-0.3, -0.25) is 4.79 Å². The fraction of sp³-hybridized carbons (Fsp3) is 0.533. The molecule has 108 valence electrons. The fourth-order valence-electron chi connectivity index (χ4n) is 3.24. The van der Waals surface area contributed by atoms with Crippen LogP contribution in [0.3, 0.4) is 0 Å². The highest BCUT2D eigenvalue weighted by atomic mass is 32.2. The molecule has 5 heteroatoms. The molecule has 0 saturated carbocycles. The second-order valence-electron chi connectivity index (χ2n) is 5.59. The number of aliphatic hydroxyl groups is 1. The van der Waals surface area contributed by atoms with Crippen molar-refractivity contribution in [3.05, 3.63) is 24.3 Å². The number of anilines is 1. The maximum Gasteiger partial charge on any atom is 0.226 e. The number of nitrogens with one attached hydrogen (secondary N) is 1. The molecule has 1 saturated heterocycles. The summed E-state index contributed by atoms with van der Waals surface area (Å²) < 4.78 is 0. The SMILES string of the molecule is CC[C@H](CO)N1C(=O)C[C@@H]2Sc3ccccc3N[C@@]21C. The summed E-state index contributed by atoms with van der Waals surface area (Å²) in [6, 6.07) is 8.04. The van der Waals surface area contributed by atoms with E-state index in [0.29, 0.717) is 6.42 Å². The molecule has 0 bridgehead atoms. The van der Waals surface area contributed by atoms with Gasteiger partial charge in [-0.1, -0.05) is 19.1 Å². The van der Waals surface area contributed by atoms with Gasteiger partial charge in [0.2, 0.25) is 5.91 Å². The number of likely N-dealkylation sites (tertiary alicyclic amines) is 1. The number of thioether (sulfide) groups is 1. The van der Waals surface area contributed by atoms with Crippen LogP contribution in [-0.2, 0) is 4.79 Å². The van der Waals surface area contributed by atoms with Gasteiger partial charge >= 0.3 is 0 Å². The molecule has 1 aromatic rings. The number of amides is 1. The van der Waals surface area contributed by atoms with Gasteiger partial charge in [-0.15, -0.1) is 11.8 Å². The molecule has 20 heavy (non-hydrogen) atoms. The molecule has 2 N–H and O–H groups in total. The highest BCUT2D eigenvalue weighted by Crippen LogP contribution is 2.49. The number of para-hydroxylation sites is 1. The van der Waals surface area contributed by atoms with Crippen LogP contribution in [0.25, 0.3) is 0 Å². The summed E-state index contributed by atoms with van der Waals surface area (Å²) in [6.07, 6.45) is 1.29. The largest absolute Gasteiger partial charge is 0.394 e. The van der Waals surface area contributed by atoms with E-state index in [9.17, 15) is 9.90 Å². The number of carbonyl (C=O) groups is 1. The Hall–Kier alpha value is -1.20. The zero-order valence-electron chi connectivity index (χ0n) is 11.8. The van der Waals surface area contributed by atoms with Crippen molar-refractivity contribution < 1.29 is 9.90 Å². The summed E-state index contributed by atoms with van der Waals surface area (Å²) in [7, 11) is 0. The van der Waals surface area contributed by atoms with Crippen molar-refractivity contribution in [3.8, 4) is 0 Å². The number of carbonyl (C=O) groups excluding carboxylic acids is 1. The van der Waals surface area contributed by atoms with Gasteiger partial charge in [0.15, 0.2) is 0 Å². The third-order valence-electron chi connectivity index (χ3n) is 4.35. The van der Waals surface area contributed by atoms with Gasteiger partial charge in [-0.05, 0) is 25.5 Å². The molecule has 1 fully saturated rings. The molecule has 2 aliphatic rings. The lowest BCUT2D eigenvalue weighted by molar-refractivity contribution is -0.134. The number of nitrogens with zero attached hydrogens (tertiary/aromatic N) is 1. The van der Waals surface area contributed by atoms with Crippen molar-refractivity contribution in [3.63, 3.8) is 0 Å². The summed E-state index contributed by atoms with van der Waals surface area (Å²) in [4.78, 5) is 15.5. The zero-order chi connectivity index (χ0) is 14.3. The Kier molecular flexibility index (Phi) is 3.42. The summed E-state index contributed by atoms with van der Waals surface area (Å²) in [6.45, 7) is 4.09. The molecular formula is C15H20N2O2S. The van der Waals surface area contributed by atoms with Crippen LogP contribution in [-0.4, -0.2) is 39.5 Å². The lowest BCUT2D eigenvalue weighted by Gasteiger charge is -2.46. The van der Waals surface area contributed by atoms with E-state index in [0.717, 1.165) is 12.1 Å². The van der Waals surface area contributed by atoms with E-state index in [4.69, 9.17) is 0 Å². The van der Waals surface area contributed by atoms with Gasteiger partial charge in [-0.2, -0.15) is 0 Å². The van der Waals surface area contributed by atoms with Crippen LogP contribution in [0.2, 0.25) is 0 Å². The number of benzene rings is 1. The van der Waals surface area contributed by atoms with E-state index in [1.807, 2.05) is 30.0 Å². The lowest BCUT2D eigenvalue weighted by atomic mass is 10.1. The van der Waals surface area contributed by atoms with Crippen molar-refractivity contribution in [2.24, 2.45) is 0 Å². The second kappa shape index (κ2) is 4.97. The third kappa shape index (κ3) is 1.91. The Morgan fingerprint density at radius 2 is 2.30 bits per heavy atom. The molecule has 2 aliphatic heterocycles. The topological polar surface area (TPSA) is 52.6 Å². The number of hydrogen-bond donors (Lipinski definition) is 2. The second-order valence-corrected chi connectivity index (χ2v) is 6.83. The normalized spacial score (nSPS) is 29.6. The maximum atomic E-state index is 12.4. The molecule has 4 nitrogen and oxygen atoms in total. The molecule has 0 aliphatic carbocycles. The minimum atomic E-state index is -0.417. The minimum absolute atomic E-state index is 0.0124. The Morgan fingerprint density at radius 1 is 1.55 bits per heavy atom. The Labute approximate surface area is 123 Å². The Balaban J connectivity index is 1.99. The van der Waals surface area contributed by atoms with Crippen LogP contribution in [0, 0.1) is 0 Å². The molecule has 0 spiro atoms. The fourth-order valence-corrected chi connectivity index (χ4v) is 4.58. The smallest absolute Gasteiger partial charge is 0.226 e. The number of rotatable bonds is 3. The minimum Gasteiger partial charge on any atom is -0.394 e. The van der Waals surface area contributed by atoms with Crippen LogP contribution in [0.15, 0.2) is 29.2 Å². The number of hydrogen-bond acceptors (Lipinski definition) is 4. The average molecular weight is 292 g/mol. The van der Waals surface area contributed by atoms with E-state index < -0.39 is 5.66 Å². The molecule has 1 amide bonds. The molecule has 0 radical (unpaired) electrons. The first kappa shape index (κ1) is 13.8. The molecule has 0 aromatic heterocycles. The standard InChI is InChI=1S/C15H20N2O2S/c1-3-10(9-18)17-14(19)8-13-15(17,2)16-11-6-4-5-7-12(11)20-13/h4-7,10,13,16,18H,3,8-9H2,1-2H3/t10-,13+,15-/m1/s1. The quantitative estimate of drug-likeness (QED) is 0.897. The van der Waals surface area contributed by atoms with Crippen molar-refractivity contribution in [1.29, 1.82) is 0 Å². The first-order valence-corrected chi connectivity index (χ1v) is 7.95. The van der Waals surface area contributed by atoms with Gasteiger partial charge in [0, 0.05) is 17.0 Å². The van der Waals surface area contributed by atoms with Crippen molar-refractivity contribution in [2.45, 2.75) is 48.5 Å². The van der Waals surface area contributed by atoms with Gasteiger partial charge in [0.05, 0.1) is 17.9 Å². The molecule has 1 aromatic carbocycles. The number of fused-ring (bicyclic) bond motifs is 2. The Morgan fingerprint density at radius 3 is 3.00 bits per heavy atom. The van der Waals surface area contributed by atoms with Crippen LogP contribution >= 0.6 is 11.8 Å². The van der Waals surface area contributed by atoms with E-state index >= 15 is 0 Å². The van der Waals surface area contributed by atoms with Crippen molar-refractivity contribution in [2.75, 3.05) is 11.9 Å². The molecule has 2 heterocycles. The third-order valence-corrected chi connectivity index (χ3v) is 5.87. The first-order chi connectivity index (χ1) is 9.60. The van der Waals surface area contributed by atoms with E-state index in [1.54, 1.807) is 11.8 Å². The Bertz CT molecular complexity index is 532. The van der Waals surface area contributed by atoms with Crippen molar-refractivity contribution in [1.82, 2.24) is 4.90 Å². The maximum absolute atomic E-state index is 12.4. The zero-order valence-corrected chi connectivity index (χ0v) is 12.6. The molecule has 0 unspecified atom stereocenters. The van der Waals surface area contributed by atoms with Crippen molar-refractivity contribution >= 4 is 23.4 Å². The van der Waals surface area contributed by atoms with Crippen LogP contribution < -0.4 is 5.32 Å². The summed E-state index contributed by atoms with van der Waals surface area (Å²) in [5, 5.41) is 13.3. The monoisotopic (exact) mass is 292 g/mol. The van der Waals surface area contributed by atoms with Gasteiger partial charge in [0.1, 0.15) is 5.66 Å². The summed E-state index contributed by atoms with van der Waals surface area (Å²) >= 11 is 1.77. The molecule has 3 atom stereocenters. The van der Waals surface area contributed by atoms with Gasteiger partial charge in [-0.25, -0.2) is 0 Å². The lowest BCUT2D eigenvalue weighted by Crippen LogP contribution is -2.59. The van der Waals surface area contributed by atoms with E-state index in [1.165, 1.54) is 4.90 Å². The van der Waals surface area contributed by atoms with Gasteiger partial charge in [0.25, 0.3) is 0 Å². The predicted octanol–water partition coefficient (Wildman–Crippen LogP) is 2.29. The van der Waals surface area contributed by atoms with E-state index in [-0.39, 0.29) is 23.8 Å². The molecule has 3 rings (SSSR count). The molecular weight excluding hydrogens is 272 g/mol. The van der Waals surface area contributed by atoms with Crippen LogP contribution in [0.4, 0.5) is 5.69 Å². The van der Waals surface area contributed by atoms with Crippen LogP contribution in [0.1, 0.15) is 26.7 Å². The summed E-state index contributed by atoms with van der Waals surface area (Å²) in [5.41, 5.74) is 0.656. The van der Waals surface area contributed by atoms with E-state index in [2.05, 4.69) is 18.3 Å². The highest BCUT2D eigenvalue weighted by Gasteiger charge is 2.54.